The number of oxazole rings is 1. The average Bonchev–Trinajstić information content (AvgIpc) is 3.38. The van der Waals surface area contributed by atoms with Crippen LogP contribution in [0, 0.1) is 11.6 Å². The van der Waals surface area contributed by atoms with Crippen molar-refractivity contribution in [2.24, 2.45) is 0 Å². The Bertz CT molecular complexity index is 936. The minimum Gasteiger partial charge on any atom is -0.453 e. The first-order chi connectivity index (χ1) is 14.8. The number of ether oxygens (including phenoxy) is 1. The first-order valence-corrected chi connectivity index (χ1v) is 10.0. The summed E-state index contributed by atoms with van der Waals surface area (Å²) in [5.74, 6) is -3.05. The Kier molecular flexibility index (Phi) is 7.32. The number of hydrogen-bond acceptors (Lipinski definition) is 6. The lowest BCUT2D eigenvalue weighted by Gasteiger charge is -2.15. The highest BCUT2D eigenvalue weighted by Gasteiger charge is 2.23. The van der Waals surface area contributed by atoms with Crippen LogP contribution in [0.25, 0.3) is 11.3 Å². The molecule has 1 fully saturated rings. The van der Waals surface area contributed by atoms with Gasteiger partial charge in [-0.3, -0.25) is 14.9 Å². The van der Waals surface area contributed by atoms with Gasteiger partial charge in [0.25, 0.3) is 5.91 Å². The number of nitrogens with zero attached hydrogens (tertiary/aromatic N) is 1. The molecule has 0 saturated heterocycles. The van der Waals surface area contributed by atoms with Crippen LogP contribution < -0.4 is 10.6 Å². The van der Waals surface area contributed by atoms with Gasteiger partial charge >= 0.3 is 12.0 Å². The molecule has 1 heterocycles. The Balaban J connectivity index is 1.45. The summed E-state index contributed by atoms with van der Waals surface area (Å²) in [6, 6.07) is 2.86. The van der Waals surface area contributed by atoms with Crippen LogP contribution in [-0.2, 0) is 20.7 Å². The molecule has 3 amide bonds. The molecule has 8 nitrogen and oxygen atoms in total. The van der Waals surface area contributed by atoms with E-state index in [4.69, 9.17) is 9.15 Å². The van der Waals surface area contributed by atoms with Crippen molar-refractivity contribution in [1.29, 1.82) is 0 Å². The van der Waals surface area contributed by atoms with E-state index in [1.807, 2.05) is 0 Å². The van der Waals surface area contributed by atoms with Crippen LogP contribution in [0.3, 0.4) is 0 Å². The first kappa shape index (κ1) is 22.4. The van der Waals surface area contributed by atoms with Crippen molar-refractivity contribution in [3.63, 3.8) is 0 Å². The predicted octanol–water partition coefficient (Wildman–Crippen LogP) is 3.25. The second kappa shape index (κ2) is 10.1. The lowest BCUT2D eigenvalue weighted by molar-refractivity contribution is -0.154. The summed E-state index contributed by atoms with van der Waals surface area (Å²) in [6.07, 6.45) is 3.64. The number of rotatable bonds is 7. The molecule has 0 aliphatic heterocycles. The standard InChI is InChI=1S/C21H23F2N3O5/c1-12(20(28)26-21(29)25-13-5-2-3-6-13)30-18(27)10-9-17-24-11-16(31-17)19-14(22)7-4-8-15(19)23/h4,7-8,11-13H,2-3,5-6,9-10H2,1H3,(H2,25,26,28,29). The fourth-order valence-corrected chi connectivity index (χ4v) is 3.30. The Morgan fingerprint density at radius 3 is 2.58 bits per heavy atom. The summed E-state index contributed by atoms with van der Waals surface area (Å²) in [4.78, 5) is 39.7. The smallest absolute Gasteiger partial charge is 0.321 e. The molecular formula is C21H23F2N3O5. The van der Waals surface area contributed by atoms with Crippen LogP contribution in [0.2, 0.25) is 0 Å². The van der Waals surface area contributed by atoms with Gasteiger partial charge < -0.3 is 14.5 Å². The van der Waals surface area contributed by atoms with Crippen LogP contribution in [0.5, 0.6) is 0 Å². The van der Waals surface area contributed by atoms with Crippen LogP contribution in [0.1, 0.15) is 44.9 Å². The van der Waals surface area contributed by atoms with Crippen molar-refractivity contribution in [3.05, 3.63) is 41.9 Å². The minimum atomic E-state index is -1.17. The van der Waals surface area contributed by atoms with Crippen molar-refractivity contribution in [3.8, 4) is 11.3 Å². The topological polar surface area (TPSA) is 111 Å². The van der Waals surface area contributed by atoms with E-state index in [-0.39, 0.29) is 36.1 Å². The van der Waals surface area contributed by atoms with Gasteiger partial charge in [-0.1, -0.05) is 18.9 Å². The third-order valence-corrected chi connectivity index (χ3v) is 4.91. The van der Waals surface area contributed by atoms with Crippen molar-refractivity contribution in [2.75, 3.05) is 0 Å². The van der Waals surface area contributed by atoms with Crippen molar-refractivity contribution in [2.45, 2.75) is 57.6 Å². The zero-order valence-electron chi connectivity index (χ0n) is 17.0. The van der Waals surface area contributed by atoms with Crippen molar-refractivity contribution in [1.82, 2.24) is 15.6 Å². The molecule has 166 valence electrons. The van der Waals surface area contributed by atoms with Gasteiger partial charge in [0.2, 0.25) is 0 Å². The molecule has 1 aliphatic carbocycles. The quantitative estimate of drug-likeness (QED) is 0.646. The van der Waals surface area contributed by atoms with Crippen LogP contribution in [-0.4, -0.2) is 35.0 Å². The monoisotopic (exact) mass is 435 g/mol. The third-order valence-electron chi connectivity index (χ3n) is 4.91. The van der Waals surface area contributed by atoms with E-state index in [2.05, 4.69) is 15.6 Å². The number of benzene rings is 1. The summed E-state index contributed by atoms with van der Waals surface area (Å²) in [6.45, 7) is 1.35. The highest BCUT2D eigenvalue weighted by molar-refractivity contribution is 5.97. The van der Waals surface area contributed by atoms with Gasteiger partial charge in [-0.05, 0) is 31.9 Å². The van der Waals surface area contributed by atoms with Gasteiger partial charge in [-0.2, -0.15) is 0 Å². The normalized spacial score (nSPS) is 14.8. The lowest BCUT2D eigenvalue weighted by atomic mass is 10.1. The number of esters is 1. The zero-order chi connectivity index (χ0) is 22.4. The van der Waals surface area contributed by atoms with Gasteiger partial charge in [-0.25, -0.2) is 18.6 Å². The van der Waals surface area contributed by atoms with E-state index in [9.17, 15) is 23.2 Å². The highest BCUT2D eigenvalue weighted by Crippen LogP contribution is 2.26. The number of hydrogen-bond donors (Lipinski definition) is 2. The molecule has 1 aliphatic rings. The summed E-state index contributed by atoms with van der Waals surface area (Å²) in [7, 11) is 0. The SMILES string of the molecule is CC(OC(=O)CCc1ncc(-c2c(F)cccc2F)o1)C(=O)NC(=O)NC1CCCC1. The molecule has 1 atom stereocenters. The molecule has 2 N–H and O–H groups in total. The molecule has 3 rings (SSSR count). The summed E-state index contributed by atoms with van der Waals surface area (Å²) in [5, 5.41) is 4.85. The number of halogens is 2. The molecule has 1 aromatic carbocycles. The minimum absolute atomic E-state index is 0.00537. The summed E-state index contributed by atoms with van der Waals surface area (Å²) in [5.41, 5.74) is -0.343. The number of nitrogens with one attached hydrogen (secondary N) is 2. The predicted molar refractivity (Wildman–Crippen MR) is 105 cm³/mol. The Morgan fingerprint density at radius 2 is 1.90 bits per heavy atom. The van der Waals surface area contributed by atoms with Gasteiger partial charge in [-0.15, -0.1) is 0 Å². The first-order valence-electron chi connectivity index (χ1n) is 10.0. The number of amides is 3. The molecule has 1 unspecified atom stereocenters. The fourth-order valence-electron chi connectivity index (χ4n) is 3.30. The molecule has 0 radical (unpaired) electrons. The number of aromatic nitrogens is 1. The van der Waals surface area contributed by atoms with Gasteiger partial charge in [0, 0.05) is 12.5 Å². The maximum atomic E-state index is 13.8. The van der Waals surface area contributed by atoms with Crippen molar-refractivity contribution < 1.29 is 32.3 Å². The molecule has 1 saturated carbocycles. The zero-order valence-corrected chi connectivity index (χ0v) is 17.0. The molecule has 0 spiro atoms. The molecule has 0 bridgehead atoms. The number of aryl methyl sites for hydroxylation is 1. The molecule has 2 aromatic rings. The number of urea groups is 1. The summed E-state index contributed by atoms with van der Waals surface area (Å²) >= 11 is 0. The third kappa shape index (κ3) is 6.09. The summed E-state index contributed by atoms with van der Waals surface area (Å²) < 4.78 is 38.0. The Morgan fingerprint density at radius 1 is 1.23 bits per heavy atom. The molecule has 31 heavy (non-hydrogen) atoms. The fraction of sp³-hybridized carbons (Fsp3) is 0.429. The van der Waals surface area contributed by atoms with Gasteiger partial charge in [0.1, 0.15) is 11.6 Å². The van der Waals surface area contributed by atoms with E-state index in [0.717, 1.165) is 37.8 Å². The highest BCUT2D eigenvalue weighted by atomic mass is 19.1. The van der Waals surface area contributed by atoms with E-state index in [0.29, 0.717) is 0 Å². The van der Waals surface area contributed by atoms with E-state index >= 15 is 0 Å². The van der Waals surface area contributed by atoms with Crippen molar-refractivity contribution >= 4 is 17.9 Å². The largest absolute Gasteiger partial charge is 0.453 e. The van der Waals surface area contributed by atoms with Crippen LogP contribution in [0.15, 0.2) is 28.8 Å². The second-order valence-electron chi connectivity index (χ2n) is 7.29. The average molecular weight is 435 g/mol. The van der Waals surface area contributed by atoms with Gasteiger partial charge in [0.15, 0.2) is 17.8 Å². The van der Waals surface area contributed by atoms with E-state index < -0.39 is 35.6 Å². The molecule has 1 aromatic heterocycles. The van der Waals surface area contributed by atoms with Crippen LogP contribution >= 0.6 is 0 Å². The van der Waals surface area contributed by atoms with Gasteiger partial charge in [0.05, 0.1) is 18.2 Å². The molecular weight excluding hydrogens is 412 g/mol. The Hall–Kier alpha value is -3.30. The Labute approximate surface area is 177 Å². The molecule has 10 heteroatoms. The van der Waals surface area contributed by atoms with E-state index in [1.165, 1.54) is 19.2 Å². The number of carbonyl (C=O) groups is 3. The lowest BCUT2D eigenvalue weighted by Crippen LogP contribution is -2.47. The maximum Gasteiger partial charge on any atom is 0.321 e. The number of imide groups is 1. The van der Waals surface area contributed by atoms with E-state index in [1.54, 1.807) is 0 Å². The number of carbonyl (C=O) groups excluding carboxylic acids is 3. The maximum absolute atomic E-state index is 13.8. The van der Waals surface area contributed by atoms with Crippen LogP contribution in [0.4, 0.5) is 13.6 Å². The second-order valence-corrected chi connectivity index (χ2v) is 7.29.